The molecule has 1 unspecified atom stereocenters. The lowest BCUT2D eigenvalue weighted by Crippen LogP contribution is -2.58. The number of benzene rings is 2. The van der Waals surface area contributed by atoms with Gasteiger partial charge in [0.1, 0.15) is 23.0 Å². The molecule has 1 N–H and O–H groups in total. The largest absolute Gasteiger partial charge is 0.573 e. The molecule has 10 heteroatoms. The Kier molecular flexibility index (Phi) is 8.62. The van der Waals surface area contributed by atoms with E-state index in [1.165, 1.54) is 12.1 Å². The van der Waals surface area contributed by atoms with E-state index in [2.05, 4.69) is 15.0 Å². The van der Waals surface area contributed by atoms with Crippen LogP contribution in [-0.4, -0.2) is 48.5 Å². The van der Waals surface area contributed by atoms with Gasteiger partial charge in [-0.1, -0.05) is 26.0 Å². The molecule has 2 aromatic rings. The molecule has 2 fully saturated rings. The summed E-state index contributed by atoms with van der Waals surface area (Å²) in [5, 5.41) is 2.72. The number of likely N-dealkylation sites (tertiary alicyclic amines) is 1. The van der Waals surface area contributed by atoms with Crippen molar-refractivity contribution in [2.45, 2.75) is 70.0 Å². The Morgan fingerprint density at radius 2 is 1.76 bits per heavy atom. The summed E-state index contributed by atoms with van der Waals surface area (Å²) in [5.74, 6) is -1.94. The van der Waals surface area contributed by atoms with Crippen molar-refractivity contribution >= 4 is 5.91 Å². The van der Waals surface area contributed by atoms with Gasteiger partial charge in [-0.2, -0.15) is 0 Å². The summed E-state index contributed by atoms with van der Waals surface area (Å²) in [6, 6.07) is 9.61. The summed E-state index contributed by atoms with van der Waals surface area (Å²) in [6.45, 7) is 5.79. The smallest absolute Gasteiger partial charge is 0.406 e. The Balaban J connectivity index is 1.32. The van der Waals surface area contributed by atoms with Gasteiger partial charge in [0.25, 0.3) is 5.91 Å². The maximum Gasteiger partial charge on any atom is 0.573 e. The van der Waals surface area contributed by atoms with Crippen molar-refractivity contribution < 1.29 is 36.2 Å². The SMILES string of the molecule is CC(C)[C@]1(C(=O)NCc2cc(F)cc(OC(F)(F)F)c2)CCC(N2CCC(c3ccc(F)cc3)CC2)CO1. The van der Waals surface area contributed by atoms with Crippen LogP contribution in [0.1, 0.15) is 56.6 Å². The number of halogens is 5. The lowest BCUT2D eigenvalue weighted by atomic mass is 9.80. The first-order valence-electron chi connectivity index (χ1n) is 12.9. The third-order valence-electron chi connectivity index (χ3n) is 7.70. The zero-order chi connectivity index (χ0) is 27.5. The number of rotatable bonds is 7. The van der Waals surface area contributed by atoms with Gasteiger partial charge in [-0.3, -0.25) is 9.69 Å². The number of amides is 1. The highest BCUT2D eigenvalue weighted by Crippen LogP contribution is 2.36. The number of nitrogens with zero attached hydrogens (tertiary/aromatic N) is 1. The van der Waals surface area contributed by atoms with Crippen LogP contribution in [0.5, 0.6) is 5.75 Å². The van der Waals surface area contributed by atoms with E-state index in [9.17, 15) is 26.7 Å². The van der Waals surface area contributed by atoms with E-state index in [1.807, 2.05) is 26.0 Å². The molecule has 0 aliphatic carbocycles. The monoisotopic (exact) mass is 540 g/mol. The number of ether oxygens (including phenoxy) is 2. The number of carbonyl (C=O) groups is 1. The molecule has 2 aliphatic heterocycles. The molecule has 0 aromatic heterocycles. The second kappa shape index (κ2) is 11.6. The summed E-state index contributed by atoms with van der Waals surface area (Å²) >= 11 is 0. The quantitative estimate of drug-likeness (QED) is 0.442. The Morgan fingerprint density at radius 3 is 2.34 bits per heavy atom. The topological polar surface area (TPSA) is 50.8 Å². The zero-order valence-corrected chi connectivity index (χ0v) is 21.5. The average molecular weight is 541 g/mol. The Morgan fingerprint density at radius 1 is 1.08 bits per heavy atom. The first-order valence-corrected chi connectivity index (χ1v) is 12.9. The highest BCUT2D eigenvalue weighted by molar-refractivity contribution is 5.85. The van der Waals surface area contributed by atoms with Crippen molar-refractivity contribution in [3.8, 4) is 5.75 Å². The van der Waals surface area contributed by atoms with E-state index in [-0.39, 0.29) is 35.8 Å². The van der Waals surface area contributed by atoms with Crippen LogP contribution in [0.2, 0.25) is 0 Å². The molecule has 208 valence electrons. The number of nitrogens with one attached hydrogen (secondary N) is 1. The van der Waals surface area contributed by atoms with Gasteiger partial charge < -0.3 is 14.8 Å². The van der Waals surface area contributed by atoms with E-state index >= 15 is 0 Å². The minimum atomic E-state index is -4.95. The predicted molar refractivity (Wildman–Crippen MR) is 131 cm³/mol. The summed E-state index contributed by atoms with van der Waals surface area (Å²) in [5.41, 5.74) is 0.215. The molecule has 2 atom stereocenters. The van der Waals surface area contributed by atoms with Gasteiger partial charge in [0.05, 0.1) is 6.61 Å². The molecule has 38 heavy (non-hydrogen) atoms. The number of carbonyl (C=O) groups excluding carboxylic acids is 1. The molecule has 2 saturated heterocycles. The molecule has 2 aliphatic rings. The molecule has 4 rings (SSSR count). The Bertz CT molecular complexity index is 1090. The third-order valence-corrected chi connectivity index (χ3v) is 7.70. The van der Waals surface area contributed by atoms with Crippen molar-refractivity contribution in [2.24, 2.45) is 5.92 Å². The summed E-state index contributed by atoms with van der Waals surface area (Å²) < 4.78 is 74.7. The Labute approximate surface area is 219 Å². The molecule has 2 heterocycles. The van der Waals surface area contributed by atoms with E-state index in [0.717, 1.165) is 50.0 Å². The van der Waals surface area contributed by atoms with Crippen LogP contribution < -0.4 is 10.1 Å². The molecule has 0 saturated carbocycles. The van der Waals surface area contributed by atoms with E-state index in [1.54, 1.807) is 0 Å². The van der Waals surface area contributed by atoms with Crippen LogP contribution in [0.15, 0.2) is 42.5 Å². The number of piperidine rings is 1. The predicted octanol–water partition coefficient (Wildman–Crippen LogP) is 5.93. The van der Waals surface area contributed by atoms with Gasteiger partial charge in [-0.05, 0) is 86.0 Å². The van der Waals surface area contributed by atoms with Crippen LogP contribution >= 0.6 is 0 Å². The molecule has 0 radical (unpaired) electrons. The van der Waals surface area contributed by atoms with Crippen molar-refractivity contribution in [2.75, 3.05) is 19.7 Å². The first kappa shape index (κ1) is 28.3. The summed E-state index contributed by atoms with van der Waals surface area (Å²) in [7, 11) is 0. The molecule has 1 amide bonds. The average Bonchev–Trinajstić information content (AvgIpc) is 2.86. The highest BCUT2D eigenvalue weighted by Gasteiger charge is 2.46. The summed E-state index contributed by atoms with van der Waals surface area (Å²) in [6.07, 6.45) is -1.77. The van der Waals surface area contributed by atoms with Gasteiger partial charge in [-0.15, -0.1) is 13.2 Å². The van der Waals surface area contributed by atoms with Gasteiger partial charge >= 0.3 is 6.36 Å². The van der Waals surface area contributed by atoms with Gasteiger partial charge in [0.15, 0.2) is 0 Å². The van der Waals surface area contributed by atoms with Crippen molar-refractivity contribution in [3.05, 3.63) is 65.2 Å². The second-order valence-electron chi connectivity index (χ2n) is 10.4. The van der Waals surface area contributed by atoms with Gasteiger partial charge in [0, 0.05) is 18.7 Å². The fourth-order valence-corrected chi connectivity index (χ4v) is 5.55. The maximum absolute atomic E-state index is 13.8. The highest BCUT2D eigenvalue weighted by atomic mass is 19.4. The standard InChI is InChI=1S/C28H33F5N2O3/c1-18(2)27(26(36)34-16-19-13-23(30)15-25(14-19)38-28(31,32)33)10-7-24(17-37-27)35-11-8-21(9-12-35)20-3-5-22(29)6-4-20/h3-6,13-15,18,21,24H,7-12,16-17H2,1-2H3,(H,34,36)/t24?,27-/m0/s1. The van der Waals surface area contributed by atoms with Crippen LogP contribution in [0.4, 0.5) is 22.0 Å². The van der Waals surface area contributed by atoms with Crippen LogP contribution in [0, 0.1) is 17.6 Å². The molecular formula is C28H33F5N2O3. The molecular weight excluding hydrogens is 507 g/mol. The molecule has 5 nitrogen and oxygen atoms in total. The normalized spacial score (nSPS) is 23.4. The fourth-order valence-electron chi connectivity index (χ4n) is 5.55. The third kappa shape index (κ3) is 6.83. The number of alkyl halides is 3. The Hall–Kier alpha value is -2.72. The molecule has 2 aromatic carbocycles. The van der Waals surface area contributed by atoms with Crippen molar-refractivity contribution in [3.63, 3.8) is 0 Å². The van der Waals surface area contributed by atoms with Gasteiger partial charge in [-0.25, -0.2) is 8.78 Å². The van der Waals surface area contributed by atoms with Gasteiger partial charge in [0.2, 0.25) is 0 Å². The van der Waals surface area contributed by atoms with E-state index < -0.39 is 23.5 Å². The second-order valence-corrected chi connectivity index (χ2v) is 10.4. The maximum atomic E-state index is 13.8. The van der Waals surface area contributed by atoms with Crippen molar-refractivity contribution in [1.29, 1.82) is 0 Å². The fraction of sp³-hybridized carbons (Fsp3) is 0.536. The minimum absolute atomic E-state index is 0.147. The van der Waals surface area contributed by atoms with E-state index in [0.29, 0.717) is 25.0 Å². The van der Waals surface area contributed by atoms with Crippen molar-refractivity contribution in [1.82, 2.24) is 10.2 Å². The number of hydrogen-bond acceptors (Lipinski definition) is 4. The van der Waals surface area contributed by atoms with Crippen LogP contribution in [0.25, 0.3) is 0 Å². The van der Waals surface area contributed by atoms with E-state index in [4.69, 9.17) is 4.74 Å². The van der Waals surface area contributed by atoms with Crippen LogP contribution in [-0.2, 0) is 16.1 Å². The zero-order valence-electron chi connectivity index (χ0n) is 21.5. The molecule has 0 spiro atoms. The lowest BCUT2D eigenvalue weighted by Gasteiger charge is -2.46. The minimum Gasteiger partial charge on any atom is -0.406 e. The first-order chi connectivity index (χ1) is 17.9. The summed E-state index contributed by atoms with van der Waals surface area (Å²) in [4.78, 5) is 15.6. The van der Waals surface area contributed by atoms with Crippen LogP contribution in [0.3, 0.4) is 0 Å². The lowest BCUT2D eigenvalue weighted by molar-refractivity contribution is -0.274. The molecule has 0 bridgehead atoms. The number of hydrogen-bond donors (Lipinski definition) is 1.